The number of rotatable bonds is 4. The lowest BCUT2D eigenvalue weighted by Gasteiger charge is -2.05. The van der Waals surface area contributed by atoms with Gasteiger partial charge in [0.1, 0.15) is 6.61 Å². The third-order valence-corrected chi connectivity index (χ3v) is 1.77. The molecule has 0 unspecified atom stereocenters. The van der Waals surface area contributed by atoms with E-state index < -0.39 is 0 Å². The van der Waals surface area contributed by atoms with Crippen LogP contribution in [0.3, 0.4) is 0 Å². The standard InChI is InChI=1S/C11H16N2O/c1-5-14-7-11-12-9(4)6-10(13-11)8(2)3/h6H,2,5,7H2,1,3-4H3. The summed E-state index contributed by atoms with van der Waals surface area (Å²) in [5.41, 5.74) is 2.80. The number of aromatic nitrogens is 2. The van der Waals surface area contributed by atoms with Crippen LogP contribution in [0.2, 0.25) is 0 Å². The molecule has 0 N–H and O–H groups in total. The first-order valence-corrected chi connectivity index (χ1v) is 4.71. The maximum absolute atomic E-state index is 5.25. The first-order chi connectivity index (χ1) is 6.63. The van der Waals surface area contributed by atoms with E-state index in [1.165, 1.54) is 0 Å². The zero-order valence-electron chi connectivity index (χ0n) is 9.00. The zero-order valence-corrected chi connectivity index (χ0v) is 9.00. The first kappa shape index (κ1) is 10.9. The van der Waals surface area contributed by atoms with Crippen molar-refractivity contribution in [2.24, 2.45) is 0 Å². The molecule has 1 aromatic rings. The molecule has 0 aromatic carbocycles. The highest BCUT2D eigenvalue weighted by atomic mass is 16.5. The van der Waals surface area contributed by atoms with Crippen molar-refractivity contribution in [3.63, 3.8) is 0 Å². The van der Waals surface area contributed by atoms with Gasteiger partial charge < -0.3 is 4.74 Å². The van der Waals surface area contributed by atoms with Crippen LogP contribution in [-0.2, 0) is 11.3 Å². The number of ether oxygens (including phenoxy) is 1. The highest BCUT2D eigenvalue weighted by Crippen LogP contribution is 2.10. The van der Waals surface area contributed by atoms with Gasteiger partial charge in [-0.25, -0.2) is 9.97 Å². The van der Waals surface area contributed by atoms with Crippen LogP contribution in [0.15, 0.2) is 12.6 Å². The van der Waals surface area contributed by atoms with Crippen molar-refractivity contribution >= 4 is 5.57 Å². The summed E-state index contributed by atoms with van der Waals surface area (Å²) in [5.74, 6) is 0.727. The van der Waals surface area contributed by atoms with Gasteiger partial charge in [0.15, 0.2) is 5.82 Å². The molecule has 1 heterocycles. The van der Waals surface area contributed by atoms with Crippen LogP contribution < -0.4 is 0 Å². The van der Waals surface area contributed by atoms with Gasteiger partial charge >= 0.3 is 0 Å². The van der Waals surface area contributed by atoms with Gasteiger partial charge in [0.25, 0.3) is 0 Å². The molecule has 0 amide bonds. The minimum Gasteiger partial charge on any atom is -0.374 e. The predicted octanol–water partition coefficient (Wildman–Crippen LogP) is 2.35. The van der Waals surface area contributed by atoms with Gasteiger partial charge in [-0.3, -0.25) is 0 Å². The van der Waals surface area contributed by atoms with Crippen LogP contribution in [0.25, 0.3) is 5.57 Å². The van der Waals surface area contributed by atoms with Gasteiger partial charge in [-0.15, -0.1) is 0 Å². The van der Waals surface area contributed by atoms with Crippen LogP contribution in [0.1, 0.15) is 31.1 Å². The van der Waals surface area contributed by atoms with Gasteiger partial charge in [0.2, 0.25) is 0 Å². The largest absolute Gasteiger partial charge is 0.374 e. The second-order valence-corrected chi connectivity index (χ2v) is 3.23. The van der Waals surface area contributed by atoms with Crippen molar-refractivity contribution < 1.29 is 4.74 Å². The fraction of sp³-hybridized carbons (Fsp3) is 0.455. The molecule has 3 nitrogen and oxygen atoms in total. The Labute approximate surface area is 84.8 Å². The minimum absolute atomic E-state index is 0.471. The van der Waals surface area contributed by atoms with E-state index in [2.05, 4.69) is 16.5 Å². The smallest absolute Gasteiger partial charge is 0.154 e. The highest BCUT2D eigenvalue weighted by molar-refractivity contribution is 5.57. The molecule has 14 heavy (non-hydrogen) atoms. The predicted molar refractivity (Wildman–Crippen MR) is 56.8 cm³/mol. The summed E-state index contributed by atoms with van der Waals surface area (Å²) in [6, 6.07) is 1.93. The van der Waals surface area contributed by atoms with E-state index in [1.54, 1.807) is 0 Å². The lowest BCUT2D eigenvalue weighted by molar-refractivity contribution is 0.128. The molecule has 0 aliphatic heterocycles. The van der Waals surface area contributed by atoms with Crippen molar-refractivity contribution in [2.45, 2.75) is 27.4 Å². The maximum atomic E-state index is 5.25. The fourth-order valence-corrected chi connectivity index (χ4v) is 1.11. The molecular formula is C11H16N2O. The number of nitrogens with zero attached hydrogens (tertiary/aromatic N) is 2. The second-order valence-electron chi connectivity index (χ2n) is 3.23. The minimum atomic E-state index is 0.471. The van der Waals surface area contributed by atoms with E-state index in [0.29, 0.717) is 13.2 Å². The molecular weight excluding hydrogens is 176 g/mol. The molecule has 0 aliphatic rings. The topological polar surface area (TPSA) is 35.0 Å². The number of hydrogen-bond donors (Lipinski definition) is 0. The molecule has 0 saturated carbocycles. The maximum Gasteiger partial charge on any atom is 0.154 e. The van der Waals surface area contributed by atoms with Gasteiger partial charge in [-0.1, -0.05) is 6.58 Å². The van der Waals surface area contributed by atoms with E-state index in [-0.39, 0.29) is 0 Å². The average molecular weight is 192 g/mol. The van der Waals surface area contributed by atoms with E-state index in [1.807, 2.05) is 26.8 Å². The van der Waals surface area contributed by atoms with Crippen molar-refractivity contribution in [2.75, 3.05) is 6.61 Å². The first-order valence-electron chi connectivity index (χ1n) is 4.71. The van der Waals surface area contributed by atoms with Gasteiger partial charge in [-0.05, 0) is 32.4 Å². The highest BCUT2D eigenvalue weighted by Gasteiger charge is 2.02. The van der Waals surface area contributed by atoms with Crippen LogP contribution in [-0.4, -0.2) is 16.6 Å². The van der Waals surface area contributed by atoms with Gasteiger partial charge in [0.05, 0.1) is 5.69 Å². The van der Waals surface area contributed by atoms with Crippen LogP contribution in [0, 0.1) is 6.92 Å². The third kappa shape index (κ3) is 2.92. The average Bonchev–Trinajstić information content (AvgIpc) is 2.14. The molecule has 0 radical (unpaired) electrons. The SMILES string of the molecule is C=C(C)c1cc(C)nc(COCC)n1. The molecule has 3 heteroatoms. The van der Waals surface area contributed by atoms with Crippen molar-refractivity contribution in [1.29, 1.82) is 0 Å². The molecule has 0 spiro atoms. The monoisotopic (exact) mass is 192 g/mol. The Morgan fingerprint density at radius 1 is 1.50 bits per heavy atom. The van der Waals surface area contributed by atoms with E-state index in [4.69, 9.17) is 4.74 Å². The summed E-state index contributed by atoms with van der Waals surface area (Å²) in [5, 5.41) is 0. The Balaban J connectivity index is 2.89. The quantitative estimate of drug-likeness (QED) is 0.734. The van der Waals surface area contributed by atoms with E-state index in [9.17, 15) is 0 Å². The summed E-state index contributed by atoms with van der Waals surface area (Å²) in [7, 11) is 0. The van der Waals surface area contributed by atoms with Crippen molar-refractivity contribution in [3.05, 3.63) is 29.9 Å². The Hall–Kier alpha value is -1.22. The Morgan fingerprint density at radius 3 is 2.79 bits per heavy atom. The summed E-state index contributed by atoms with van der Waals surface area (Å²) in [6.07, 6.45) is 0. The number of aryl methyl sites for hydroxylation is 1. The fourth-order valence-electron chi connectivity index (χ4n) is 1.11. The number of allylic oxidation sites excluding steroid dienone is 1. The molecule has 0 atom stereocenters. The lowest BCUT2D eigenvalue weighted by atomic mass is 10.2. The molecule has 0 bridgehead atoms. The van der Waals surface area contributed by atoms with Crippen LogP contribution in [0.4, 0.5) is 0 Å². The molecule has 0 saturated heterocycles. The third-order valence-electron chi connectivity index (χ3n) is 1.77. The Kier molecular flexibility index (Phi) is 3.77. The molecule has 76 valence electrons. The van der Waals surface area contributed by atoms with Gasteiger partial charge in [0, 0.05) is 12.3 Å². The normalized spacial score (nSPS) is 10.2. The van der Waals surface area contributed by atoms with Gasteiger partial charge in [-0.2, -0.15) is 0 Å². The Bertz CT molecular complexity index is 334. The van der Waals surface area contributed by atoms with Crippen LogP contribution in [0.5, 0.6) is 0 Å². The summed E-state index contributed by atoms with van der Waals surface area (Å²) in [6.45, 7) is 10.8. The zero-order chi connectivity index (χ0) is 10.6. The van der Waals surface area contributed by atoms with Crippen LogP contribution >= 0.6 is 0 Å². The van der Waals surface area contributed by atoms with Crippen molar-refractivity contribution in [3.8, 4) is 0 Å². The van der Waals surface area contributed by atoms with Crippen molar-refractivity contribution in [1.82, 2.24) is 9.97 Å². The molecule has 0 fully saturated rings. The lowest BCUT2D eigenvalue weighted by Crippen LogP contribution is -2.02. The molecule has 1 rings (SSSR count). The number of hydrogen-bond acceptors (Lipinski definition) is 3. The summed E-state index contributed by atoms with van der Waals surface area (Å²) in [4.78, 5) is 8.61. The second kappa shape index (κ2) is 4.86. The van der Waals surface area contributed by atoms with E-state index in [0.717, 1.165) is 22.8 Å². The summed E-state index contributed by atoms with van der Waals surface area (Å²) < 4.78 is 5.25. The Morgan fingerprint density at radius 2 is 2.21 bits per heavy atom. The molecule has 1 aromatic heterocycles. The molecule has 0 aliphatic carbocycles. The summed E-state index contributed by atoms with van der Waals surface area (Å²) >= 11 is 0. The van der Waals surface area contributed by atoms with E-state index >= 15 is 0 Å².